The van der Waals surface area contributed by atoms with E-state index in [0.717, 1.165) is 12.8 Å². The van der Waals surface area contributed by atoms with Gasteiger partial charge in [-0.3, -0.25) is 14.9 Å². The Kier molecular flexibility index (Phi) is 7.31. The van der Waals surface area contributed by atoms with Crippen molar-refractivity contribution in [3.8, 4) is 0 Å². The number of amides is 2. The average Bonchev–Trinajstić information content (AvgIpc) is 3.44. The molecule has 6 N–H and O–H groups in total. The van der Waals surface area contributed by atoms with E-state index >= 15 is 0 Å². The minimum Gasteiger partial charge on any atom is -0.423 e. The molecule has 1 unspecified atom stereocenters. The van der Waals surface area contributed by atoms with Crippen LogP contribution in [0.5, 0.6) is 0 Å². The topological polar surface area (TPSA) is 223 Å². The van der Waals surface area contributed by atoms with Crippen LogP contribution in [0.25, 0.3) is 22.1 Å². The Morgan fingerprint density at radius 2 is 1.97 bits per heavy atom. The van der Waals surface area contributed by atoms with Gasteiger partial charge in [-0.1, -0.05) is 18.7 Å². The number of hydrogen-bond donors (Lipinski definition) is 5. The molecule has 0 aliphatic carbocycles. The van der Waals surface area contributed by atoms with Gasteiger partial charge >= 0.3 is 13.8 Å². The van der Waals surface area contributed by atoms with Crippen molar-refractivity contribution in [1.82, 2.24) is 29.6 Å². The Morgan fingerprint density at radius 1 is 1.24 bits per heavy atom. The summed E-state index contributed by atoms with van der Waals surface area (Å²) in [6, 6.07) is 7.06. The molecule has 0 bridgehead atoms. The molecule has 4 aromatic rings. The summed E-state index contributed by atoms with van der Waals surface area (Å²) in [5.74, 6) is -0.551. The van der Waals surface area contributed by atoms with Crippen molar-refractivity contribution in [2.24, 2.45) is 0 Å². The number of para-hydroxylation sites is 2. The van der Waals surface area contributed by atoms with Crippen molar-refractivity contribution in [3.05, 3.63) is 48.9 Å². The van der Waals surface area contributed by atoms with Crippen molar-refractivity contribution in [2.45, 2.75) is 18.9 Å². The predicted octanol–water partition coefficient (Wildman–Crippen LogP) is 1.22. The molecule has 4 heterocycles. The van der Waals surface area contributed by atoms with E-state index in [4.69, 9.17) is 29.4 Å². The fraction of sp³-hybridized carbons (Fsp3) is 0.238. The van der Waals surface area contributed by atoms with Crippen molar-refractivity contribution in [2.75, 3.05) is 24.1 Å². The van der Waals surface area contributed by atoms with E-state index in [2.05, 4.69) is 31.9 Å². The fourth-order valence-corrected chi connectivity index (χ4v) is 3.97. The molecule has 3 aromatic heterocycles. The first-order valence-corrected chi connectivity index (χ1v) is 12.5. The predicted molar refractivity (Wildman–Crippen MR) is 131 cm³/mol. The third-order valence-electron chi connectivity index (χ3n) is 5.48. The molecule has 15 nitrogen and oxygen atoms in total. The lowest BCUT2D eigenvalue weighted by Crippen LogP contribution is -2.40. The summed E-state index contributed by atoms with van der Waals surface area (Å²) in [6.07, 6.45) is 4.18. The summed E-state index contributed by atoms with van der Waals surface area (Å²) in [6.45, 7) is 4.63. The van der Waals surface area contributed by atoms with Gasteiger partial charge in [0, 0.05) is 13.1 Å². The largest absolute Gasteiger partial charge is 0.466 e. The van der Waals surface area contributed by atoms with Gasteiger partial charge in [0.05, 0.1) is 11.4 Å². The van der Waals surface area contributed by atoms with Crippen molar-refractivity contribution >= 4 is 53.6 Å². The number of nitrogens with two attached hydrogens (primary N) is 1. The molecule has 1 aliphatic rings. The summed E-state index contributed by atoms with van der Waals surface area (Å²) in [5, 5.41) is 7.51. The van der Waals surface area contributed by atoms with Crippen molar-refractivity contribution in [3.63, 3.8) is 0 Å². The van der Waals surface area contributed by atoms with Crippen molar-refractivity contribution < 1.29 is 33.3 Å². The van der Waals surface area contributed by atoms with Crippen LogP contribution in [-0.4, -0.2) is 69.2 Å². The van der Waals surface area contributed by atoms with Crippen LogP contribution in [0.2, 0.25) is 0 Å². The van der Waals surface area contributed by atoms with Crippen LogP contribution in [0, 0.1) is 0 Å². The molecule has 1 atom stereocenters. The number of likely N-dealkylation sites (tertiary alicyclic amines) is 1. The molecule has 16 heteroatoms. The molecular formula is C21H23N8O7P. The van der Waals surface area contributed by atoms with E-state index in [-0.39, 0.29) is 29.5 Å². The van der Waals surface area contributed by atoms with E-state index in [0.29, 0.717) is 35.2 Å². The summed E-state index contributed by atoms with van der Waals surface area (Å²) in [5.41, 5.74) is 7.75. The van der Waals surface area contributed by atoms with Gasteiger partial charge in [-0.15, -0.1) is 0 Å². The first kappa shape index (κ1) is 25.9. The molecule has 5 rings (SSSR count). The first-order chi connectivity index (χ1) is 17.5. The van der Waals surface area contributed by atoms with Crippen LogP contribution in [0.4, 0.5) is 11.8 Å². The third-order valence-corrected chi connectivity index (χ3v) is 5.48. The highest BCUT2D eigenvalue weighted by atomic mass is 31.2. The number of nitrogen functional groups attached to an aromatic ring is 1. The molecule has 1 saturated heterocycles. The summed E-state index contributed by atoms with van der Waals surface area (Å²) < 4.78 is 16.1. The highest BCUT2D eigenvalue weighted by Crippen LogP contribution is 2.29. The second kappa shape index (κ2) is 10.4. The SMILES string of the molecule is C=CC(=O)N1CCCC(n2nc(C(=O)Nc3nc4ccccc4o3)c3c(N)ncnc32)C1.O=P(O)(O)O. The highest BCUT2D eigenvalue weighted by molar-refractivity contribution is 7.45. The van der Waals surface area contributed by atoms with Gasteiger partial charge in [0.25, 0.3) is 5.91 Å². The van der Waals surface area contributed by atoms with Crippen LogP contribution in [0.15, 0.2) is 47.7 Å². The molecule has 2 amide bonds. The number of piperidine rings is 1. The number of carbonyl (C=O) groups excluding carboxylic acids is 2. The number of fused-ring (bicyclic) bond motifs is 2. The second-order valence-electron chi connectivity index (χ2n) is 7.99. The zero-order valence-corrected chi connectivity index (χ0v) is 20.2. The third kappa shape index (κ3) is 5.98. The maximum Gasteiger partial charge on any atom is 0.466 e. The molecule has 0 saturated carbocycles. The van der Waals surface area contributed by atoms with Gasteiger partial charge in [0.15, 0.2) is 16.9 Å². The van der Waals surface area contributed by atoms with E-state index in [1.165, 1.54) is 12.4 Å². The molecular weight excluding hydrogens is 507 g/mol. The van der Waals surface area contributed by atoms with Gasteiger partial charge in [-0.05, 0) is 31.1 Å². The normalized spacial score (nSPS) is 15.8. The number of hydrogen-bond acceptors (Lipinski definition) is 9. The smallest absolute Gasteiger partial charge is 0.423 e. The van der Waals surface area contributed by atoms with Gasteiger partial charge in [0.1, 0.15) is 17.7 Å². The van der Waals surface area contributed by atoms with Crippen molar-refractivity contribution in [1.29, 1.82) is 0 Å². The number of phosphoric acid groups is 1. The molecule has 37 heavy (non-hydrogen) atoms. The number of rotatable bonds is 4. The summed E-state index contributed by atoms with van der Waals surface area (Å²) in [7, 11) is -4.64. The number of oxazole rings is 1. The lowest BCUT2D eigenvalue weighted by molar-refractivity contribution is -0.127. The van der Waals surface area contributed by atoms with Gasteiger partial charge in [-0.2, -0.15) is 10.1 Å². The molecule has 1 aliphatic heterocycles. The average molecular weight is 530 g/mol. The minimum absolute atomic E-state index is 0.0507. The maximum absolute atomic E-state index is 13.1. The van der Waals surface area contributed by atoms with Crippen LogP contribution >= 0.6 is 7.82 Å². The second-order valence-corrected chi connectivity index (χ2v) is 9.02. The van der Waals surface area contributed by atoms with E-state index in [9.17, 15) is 9.59 Å². The monoisotopic (exact) mass is 530 g/mol. The minimum atomic E-state index is -4.64. The van der Waals surface area contributed by atoms with Gasteiger partial charge in [-0.25, -0.2) is 19.2 Å². The number of anilines is 2. The first-order valence-electron chi connectivity index (χ1n) is 10.9. The number of nitrogens with zero attached hydrogens (tertiary/aromatic N) is 6. The zero-order chi connectivity index (χ0) is 26.7. The number of nitrogens with one attached hydrogen (secondary N) is 1. The standard InChI is InChI=1S/C21H20N8O3.H3O4P/c1-2-15(30)28-9-5-6-12(10-28)29-19-16(18(22)23-11-24-19)17(27-29)20(31)26-21-25-13-7-3-4-8-14(13)32-21;1-5(2,3)4/h2-4,7-8,11-12H,1,5-6,9-10H2,(H2,22,23,24)(H,25,26,31);(H3,1,2,3,4). The molecule has 0 spiro atoms. The zero-order valence-electron chi connectivity index (χ0n) is 19.3. The Hall–Kier alpha value is -4.17. The molecule has 1 aromatic carbocycles. The van der Waals surface area contributed by atoms with Gasteiger partial charge < -0.3 is 29.7 Å². The molecule has 1 fully saturated rings. The Balaban J connectivity index is 0.000000586. The maximum atomic E-state index is 13.1. The number of benzene rings is 1. The number of aromatic nitrogens is 5. The quantitative estimate of drug-likeness (QED) is 0.186. The Labute approximate surface area is 208 Å². The fourth-order valence-electron chi connectivity index (χ4n) is 3.97. The van der Waals surface area contributed by atoms with E-state index < -0.39 is 13.7 Å². The Morgan fingerprint density at radius 3 is 2.68 bits per heavy atom. The lowest BCUT2D eigenvalue weighted by atomic mass is 10.1. The highest BCUT2D eigenvalue weighted by Gasteiger charge is 2.29. The Bertz CT molecular complexity index is 1490. The van der Waals surface area contributed by atoms with Crippen LogP contribution < -0.4 is 11.1 Å². The summed E-state index contributed by atoms with van der Waals surface area (Å²) in [4.78, 5) is 61.1. The van der Waals surface area contributed by atoms with Gasteiger partial charge in [0.2, 0.25) is 5.91 Å². The van der Waals surface area contributed by atoms with Crippen LogP contribution in [0.1, 0.15) is 29.4 Å². The van der Waals surface area contributed by atoms with E-state index in [1.54, 1.807) is 21.7 Å². The van der Waals surface area contributed by atoms with E-state index in [1.807, 2.05) is 12.1 Å². The van der Waals surface area contributed by atoms with Crippen LogP contribution in [0.3, 0.4) is 0 Å². The number of carbonyl (C=O) groups is 2. The lowest BCUT2D eigenvalue weighted by Gasteiger charge is -2.32. The van der Waals surface area contributed by atoms with Crippen LogP contribution in [-0.2, 0) is 9.36 Å². The summed E-state index contributed by atoms with van der Waals surface area (Å²) >= 11 is 0. The molecule has 194 valence electrons. The molecule has 0 radical (unpaired) electrons.